The lowest BCUT2D eigenvalue weighted by atomic mass is 9.65. The van der Waals surface area contributed by atoms with Crippen molar-refractivity contribution < 1.29 is 42.3 Å². The van der Waals surface area contributed by atoms with E-state index in [2.05, 4.69) is 34.7 Å². The monoisotopic (exact) mass is 582 g/mol. The second kappa shape index (κ2) is 12.6. The van der Waals surface area contributed by atoms with E-state index in [4.69, 9.17) is 19.4 Å². The molecule has 0 bridgehead atoms. The van der Waals surface area contributed by atoms with Gasteiger partial charge in [0.15, 0.2) is 11.5 Å². The molecule has 1 heterocycles. The van der Waals surface area contributed by atoms with Crippen molar-refractivity contribution >= 4 is 23.4 Å². The first kappa shape index (κ1) is 31.5. The van der Waals surface area contributed by atoms with Crippen molar-refractivity contribution in [2.24, 2.45) is 0 Å². The SMILES string of the molecule is COc1ccc(C23CCC(NC(=O)Nc4ccc(C)c([N+](=O)[O-])c4)CC2N(C)CC3)cc1OC.O=C(O)C(F)(F)F. The number of rotatable bonds is 6. The fourth-order valence-electron chi connectivity index (χ4n) is 5.63. The second-order valence-electron chi connectivity index (χ2n) is 10.1. The molecule has 3 atom stereocenters. The van der Waals surface area contributed by atoms with Crippen molar-refractivity contribution in [1.82, 2.24) is 10.2 Å². The Kier molecular flexibility index (Phi) is 9.69. The number of hydrogen-bond acceptors (Lipinski definition) is 7. The van der Waals surface area contributed by atoms with Crippen LogP contribution in [0.1, 0.15) is 36.8 Å². The number of hydrogen-bond donors (Lipinski definition) is 3. The Hall–Kier alpha value is -4.07. The van der Waals surface area contributed by atoms with Gasteiger partial charge < -0.3 is 30.1 Å². The summed E-state index contributed by atoms with van der Waals surface area (Å²) in [6.45, 7) is 2.66. The number of alkyl halides is 3. The molecule has 1 aliphatic heterocycles. The zero-order chi connectivity index (χ0) is 30.5. The molecule has 3 N–H and O–H groups in total. The van der Waals surface area contributed by atoms with Gasteiger partial charge in [-0.2, -0.15) is 13.2 Å². The van der Waals surface area contributed by atoms with Crippen molar-refractivity contribution in [3.63, 3.8) is 0 Å². The third-order valence-electron chi connectivity index (χ3n) is 7.73. The fraction of sp³-hybridized carbons (Fsp3) is 0.481. The zero-order valence-corrected chi connectivity index (χ0v) is 23.1. The molecule has 4 rings (SSSR count). The summed E-state index contributed by atoms with van der Waals surface area (Å²) in [7, 11) is 5.43. The quantitative estimate of drug-likeness (QED) is 0.323. The van der Waals surface area contributed by atoms with Gasteiger partial charge in [-0.3, -0.25) is 10.1 Å². The highest BCUT2D eigenvalue weighted by Gasteiger charge is 2.50. The summed E-state index contributed by atoms with van der Waals surface area (Å²) < 4.78 is 42.7. The maximum atomic E-state index is 12.7. The number of fused-ring (bicyclic) bond motifs is 1. The largest absolute Gasteiger partial charge is 0.493 e. The molecule has 0 aromatic heterocycles. The number of carboxylic acids is 1. The average Bonchev–Trinajstić information content (AvgIpc) is 3.25. The molecule has 2 fully saturated rings. The molecule has 41 heavy (non-hydrogen) atoms. The predicted molar refractivity (Wildman–Crippen MR) is 144 cm³/mol. The number of nitro benzene ring substituents is 1. The summed E-state index contributed by atoms with van der Waals surface area (Å²) in [5.74, 6) is -1.31. The molecule has 0 spiro atoms. The molecule has 2 amide bonds. The number of methoxy groups -OCH3 is 2. The minimum atomic E-state index is -5.08. The van der Waals surface area contributed by atoms with Crippen LogP contribution in [-0.2, 0) is 10.2 Å². The first-order valence-electron chi connectivity index (χ1n) is 12.8. The third kappa shape index (κ3) is 7.17. The van der Waals surface area contributed by atoms with Crippen LogP contribution in [0.2, 0.25) is 0 Å². The molecular formula is C27H33F3N4O7. The van der Waals surface area contributed by atoms with E-state index in [9.17, 15) is 28.1 Å². The van der Waals surface area contributed by atoms with E-state index in [1.807, 2.05) is 6.07 Å². The molecule has 1 saturated carbocycles. The van der Waals surface area contributed by atoms with Gasteiger partial charge in [-0.05, 0) is 70.0 Å². The number of nitrogens with zero attached hydrogens (tertiary/aromatic N) is 2. The molecule has 14 heteroatoms. The molecule has 2 aliphatic rings. The number of ether oxygens (including phenoxy) is 2. The summed E-state index contributed by atoms with van der Waals surface area (Å²) >= 11 is 0. The number of amides is 2. The smallest absolute Gasteiger partial charge is 0.490 e. The van der Waals surface area contributed by atoms with Crippen molar-refractivity contribution in [2.75, 3.05) is 33.1 Å². The molecule has 0 radical (unpaired) electrons. The number of halogens is 3. The van der Waals surface area contributed by atoms with Gasteiger partial charge in [0, 0.05) is 34.8 Å². The van der Waals surface area contributed by atoms with Crippen LogP contribution < -0.4 is 20.1 Å². The van der Waals surface area contributed by atoms with Gasteiger partial charge in [-0.1, -0.05) is 12.1 Å². The van der Waals surface area contributed by atoms with Crippen LogP contribution >= 0.6 is 0 Å². The third-order valence-corrected chi connectivity index (χ3v) is 7.73. The number of likely N-dealkylation sites (N-methyl/N-ethyl adjacent to an activating group) is 1. The van der Waals surface area contributed by atoms with Crippen LogP contribution in [0.3, 0.4) is 0 Å². The maximum Gasteiger partial charge on any atom is 0.490 e. The lowest BCUT2D eigenvalue weighted by Crippen LogP contribution is -2.52. The molecule has 2 aromatic carbocycles. The Bertz CT molecular complexity index is 1290. The molecule has 1 aliphatic carbocycles. The average molecular weight is 583 g/mol. The number of carbonyl (C=O) groups is 2. The van der Waals surface area contributed by atoms with Gasteiger partial charge in [0.2, 0.25) is 0 Å². The van der Waals surface area contributed by atoms with Gasteiger partial charge in [-0.25, -0.2) is 9.59 Å². The van der Waals surface area contributed by atoms with Crippen molar-refractivity contribution in [3.8, 4) is 11.5 Å². The Labute approximate surface area is 234 Å². The summed E-state index contributed by atoms with van der Waals surface area (Å²) in [5.41, 5.74) is 2.19. The molecule has 11 nitrogen and oxygen atoms in total. The first-order valence-corrected chi connectivity index (χ1v) is 12.8. The number of aliphatic carboxylic acids is 1. The number of nitrogens with one attached hydrogen (secondary N) is 2. The Balaban J connectivity index is 0.000000587. The highest BCUT2D eigenvalue weighted by molar-refractivity contribution is 5.90. The van der Waals surface area contributed by atoms with Crippen LogP contribution in [0.15, 0.2) is 36.4 Å². The zero-order valence-electron chi connectivity index (χ0n) is 23.1. The lowest BCUT2D eigenvalue weighted by Gasteiger charge is -2.45. The van der Waals surface area contributed by atoms with Crippen LogP contribution in [0.25, 0.3) is 0 Å². The van der Waals surface area contributed by atoms with E-state index < -0.39 is 17.1 Å². The van der Waals surface area contributed by atoms with Crippen molar-refractivity contribution in [3.05, 3.63) is 57.6 Å². The fourth-order valence-corrected chi connectivity index (χ4v) is 5.63. The second-order valence-corrected chi connectivity index (χ2v) is 10.1. The summed E-state index contributed by atoms with van der Waals surface area (Å²) in [6, 6.07) is 10.9. The minimum Gasteiger partial charge on any atom is -0.493 e. The van der Waals surface area contributed by atoms with E-state index >= 15 is 0 Å². The summed E-state index contributed by atoms with van der Waals surface area (Å²) in [5, 5.41) is 24.2. The number of carboxylic acid groups (broad SMARTS) is 1. The molecule has 3 unspecified atom stereocenters. The topological polar surface area (TPSA) is 143 Å². The van der Waals surface area contributed by atoms with E-state index in [0.29, 0.717) is 17.0 Å². The molecule has 1 saturated heterocycles. The van der Waals surface area contributed by atoms with Gasteiger partial charge in [0.05, 0.1) is 19.1 Å². The summed E-state index contributed by atoms with van der Waals surface area (Å²) in [6.07, 6.45) is -1.42. The number of carbonyl (C=O) groups excluding carboxylic acids is 1. The maximum absolute atomic E-state index is 12.7. The minimum absolute atomic E-state index is 0.000522. The van der Waals surface area contributed by atoms with Crippen LogP contribution in [-0.4, -0.2) is 73.0 Å². The van der Waals surface area contributed by atoms with Crippen LogP contribution in [0.5, 0.6) is 11.5 Å². The lowest BCUT2D eigenvalue weighted by molar-refractivity contribution is -0.385. The number of urea groups is 1. The normalized spacial score (nSPS) is 22.0. The first-order chi connectivity index (χ1) is 19.2. The highest BCUT2D eigenvalue weighted by atomic mass is 19.4. The van der Waals surface area contributed by atoms with Crippen LogP contribution in [0, 0.1) is 17.0 Å². The summed E-state index contributed by atoms with van der Waals surface area (Å²) in [4.78, 5) is 34.7. The van der Waals surface area contributed by atoms with Gasteiger partial charge >= 0.3 is 18.2 Å². The number of nitro groups is 1. The Morgan fingerprint density at radius 1 is 1.12 bits per heavy atom. The molecule has 2 aromatic rings. The van der Waals surface area contributed by atoms with E-state index in [0.717, 1.165) is 38.0 Å². The van der Waals surface area contributed by atoms with Gasteiger partial charge in [0.1, 0.15) is 0 Å². The Morgan fingerprint density at radius 3 is 2.37 bits per heavy atom. The number of benzene rings is 2. The van der Waals surface area contributed by atoms with Crippen molar-refractivity contribution in [2.45, 2.75) is 56.3 Å². The van der Waals surface area contributed by atoms with Gasteiger partial charge in [0.25, 0.3) is 5.69 Å². The number of anilines is 1. The standard InChI is InChI=1S/C25H32N4O5.C2HF3O2/c1-16-5-7-18(14-20(16)29(31)32)26-24(30)27-19-9-10-25(11-12-28(2)23(25)15-19)17-6-8-21(33-3)22(13-17)34-4;3-2(4,5)1(6)7/h5-8,13-14,19,23H,9-12,15H2,1-4H3,(H2,26,27,30);(H,6,7). The van der Waals surface area contributed by atoms with Crippen LogP contribution in [0.4, 0.5) is 29.3 Å². The highest BCUT2D eigenvalue weighted by Crippen LogP contribution is 2.49. The van der Waals surface area contributed by atoms with E-state index in [1.165, 1.54) is 11.6 Å². The Morgan fingerprint density at radius 2 is 1.78 bits per heavy atom. The molecule has 224 valence electrons. The molecular weight excluding hydrogens is 549 g/mol. The van der Waals surface area contributed by atoms with Gasteiger partial charge in [-0.15, -0.1) is 0 Å². The predicted octanol–water partition coefficient (Wildman–Crippen LogP) is 4.87. The number of aryl methyl sites for hydroxylation is 1. The number of likely N-dealkylation sites (tertiary alicyclic amines) is 1. The van der Waals surface area contributed by atoms with E-state index in [1.54, 1.807) is 33.3 Å². The van der Waals surface area contributed by atoms with E-state index in [-0.39, 0.29) is 29.2 Å². The van der Waals surface area contributed by atoms with Crippen molar-refractivity contribution in [1.29, 1.82) is 0 Å².